The molecule has 0 radical (unpaired) electrons. The maximum absolute atomic E-state index is 13.0. The van der Waals surface area contributed by atoms with Gasteiger partial charge >= 0.3 is 0 Å². The van der Waals surface area contributed by atoms with Crippen LogP contribution in [0.25, 0.3) is 0 Å². The third-order valence-electron chi connectivity index (χ3n) is 4.43. The Balaban J connectivity index is 1.83. The molecule has 3 aromatic carbocycles. The van der Waals surface area contributed by atoms with Gasteiger partial charge in [0.1, 0.15) is 0 Å². The first kappa shape index (κ1) is 19.8. The predicted octanol–water partition coefficient (Wildman–Crippen LogP) is 3.43. The lowest BCUT2D eigenvalue weighted by atomic mass is 9.98. The number of hydrogen-bond donors (Lipinski definition) is 2. The first-order valence-electron chi connectivity index (χ1n) is 8.97. The van der Waals surface area contributed by atoms with E-state index in [0.29, 0.717) is 24.1 Å². The van der Waals surface area contributed by atoms with Crippen LogP contribution >= 0.6 is 0 Å². The number of carbonyl (C=O) groups is 1. The van der Waals surface area contributed by atoms with Gasteiger partial charge in [0.25, 0.3) is 0 Å². The number of anilines is 1. The lowest BCUT2D eigenvalue weighted by molar-refractivity contribution is 0.0949. The highest BCUT2D eigenvalue weighted by Crippen LogP contribution is 2.15. The maximum atomic E-state index is 13.0. The number of carbonyl (C=O) groups excluding carboxylic acids is 1. The molecule has 28 heavy (non-hydrogen) atoms. The van der Waals surface area contributed by atoms with E-state index in [4.69, 9.17) is 5.73 Å². The minimum Gasteiger partial charge on any atom is -0.399 e. The van der Waals surface area contributed by atoms with Crippen LogP contribution in [0.5, 0.6) is 0 Å². The van der Waals surface area contributed by atoms with E-state index in [1.165, 1.54) is 12.1 Å². The summed E-state index contributed by atoms with van der Waals surface area (Å²) in [5.41, 5.74) is 7.82. The Bertz CT molecular complexity index is 1020. The first-order chi connectivity index (χ1) is 13.5. The largest absolute Gasteiger partial charge is 0.399 e. The number of ketones is 1. The lowest BCUT2D eigenvalue weighted by Crippen LogP contribution is -2.41. The molecule has 3 aromatic rings. The number of Topliss-reactive ketones (excluding diaryl/α,β-unsaturated/α-hetero) is 1. The van der Waals surface area contributed by atoms with Crippen molar-refractivity contribution in [2.45, 2.75) is 23.8 Å². The first-order valence-corrected chi connectivity index (χ1v) is 10.4. The molecular formula is C22H22N2O3S. The van der Waals surface area contributed by atoms with Crippen LogP contribution in [0.15, 0.2) is 89.8 Å². The van der Waals surface area contributed by atoms with Crippen LogP contribution in [0.4, 0.5) is 5.69 Å². The van der Waals surface area contributed by atoms with Crippen molar-refractivity contribution in [2.24, 2.45) is 0 Å². The van der Waals surface area contributed by atoms with E-state index in [1.807, 2.05) is 18.2 Å². The number of hydrogen-bond acceptors (Lipinski definition) is 4. The molecule has 1 atom stereocenters. The van der Waals surface area contributed by atoms with Crippen LogP contribution in [0.2, 0.25) is 0 Å². The fraction of sp³-hybridized carbons (Fsp3) is 0.136. The zero-order valence-corrected chi connectivity index (χ0v) is 16.1. The van der Waals surface area contributed by atoms with Crippen LogP contribution in [0.3, 0.4) is 0 Å². The molecule has 0 aliphatic carbocycles. The van der Waals surface area contributed by atoms with E-state index >= 15 is 0 Å². The second-order valence-electron chi connectivity index (χ2n) is 6.50. The van der Waals surface area contributed by atoms with Gasteiger partial charge in [-0.2, -0.15) is 0 Å². The summed E-state index contributed by atoms with van der Waals surface area (Å²) in [5.74, 6) is -0.254. The zero-order valence-electron chi connectivity index (χ0n) is 15.3. The van der Waals surface area contributed by atoms with Crippen LogP contribution < -0.4 is 10.5 Å². The molecule has 0 saturated carbocycles. The van der Waals surface area contributed by atoms with Gasteiger partial charge in [-0.25, -0.2) is 13.1 Å². The highest BCUT2D eigenvalue weighted by Gasteiger charge is 2.26. The molecule has 6 heteroatoms. The van der Waals surface area contributed by atoms with Crippen LogP contribution in [-0.2, 0) is 16.4 Å². The number of nitrogen functional groups attached to an aromatic ring is 1. The Morgan fingerprint density at radius 1 is 0.857 bits per heavy atom. The van der Waals surface area contributed by atoms with Crippen LogP contribution in [0.1, 0.15) is 22.3 Å². The van der Waals surface area contributed by atoms with Crippen molar-refractivity contribution in [3.8, 4) is 0 Å². The standard InChI is InChI=1S/C22H22N2O3S/c23-19-14-11-17(12-15-19)13-16-21(22(25)18-7-3-1-4-8-18)24-28(26,27)20-9-5-2-6-10-20/h1-12,14-15,21,24H,13,16,23H2. The Hall–Kier alpha value is -2.96. The van der Waals surface area contributed by atoms with Gasteiger partial charge in [-0.3, -0.25) is 4.79 Å². The summed E-state index contributed by atoms with van der Waals surface area (Å²) in [5, 5.41) is 0. The smallest absolute Gasteiger partial charge is 0.241 e. The molecule has 0 amide bonds. The van der Waals surface area contributed by atoms with Gasteiger partial charge in [0.2, 0.25) is 10.0 Å². The van der Waals surface area contributed by atoms with Crippen molar-refractivity contribution in [1.82, 2.24) is 4.72 Å². The van der Waals surface area contributed by atoms with Crippen molar-refractivity contribution < 1.29 is 13.2 Å². The summed E-state index contributed by atoms with van der Waals surface area (Å²) in [6, 6.07) is 23.2. The molecule has 0 aliphatic rings. The number of nitrogens with two attached hydrogens (primary N) is 1. The molecule has 5 nitrogen and oxygen atoms in total. The number of nitrogens with one attached hydrogen (secondary N) is 1. The third kappa shape index (κ3) is 5.06. The fourth-order valence-corrected chi connectivity index (χ4v) is 4.15. The van der Waals surface area contributed by atoms with Gasteiger partial charge in [0, 0.05) is 11.3 Å². The van der Waals surface area contributed by atoms with Crippen molar-refractivity contribution in [2.75, 3.05) is 5.73 Å². The average Bonchev–Trinajstić information content (AvgIpc) is 2.73. The second-order valence-corrected chi connectivity index (χ2v) is 8.21. The maximum Gasteiger partial charge on any atom is 0.241 e. The molecule has 0 bridgehead atoms. The van der Waals surface area contributed by atoms with Crippen LogP contribution in [-0.4, -0.2) is 20.2 Å². The Morgan fingerprint density at radius 3 is 2.04 bits per heavy atom. The van der Waals surface area contributed by atoms with E-state index in [9.17, 15) is 13.2 Å². The third-order valence-corrected chi connectivity index (χ3v) is 5.91. The van der Waals surface area contributed by atoms with Gasteiger partial charge in [-0.15, -0.1) is 0 Å². The summed E-state index contributed by atoms with van der Waals surface area (Å²) in [7, 11) is -3.81. The van der Waals surface area contributed by atoms with E-state index in [0.717, 1.165) is 5.56 Å². The molecule has 0 aliphatic heterocycles. The highest BCUT2D eigenvalue weighted by molar-refractivity contribution is 7.89. The number of benzene rings is 3. The predicted molar refractivity (Wildman–Crippen MR) is 110 cm³/mol. The van der Waals surface area contributed by atoms with E-state index < -0.39 is 16.1 Å². The lowest BCUT2D eigenvalue weighted by Gasteiger charge is -2.18. The summed E-state index contributed by atoms with van der Waals surface area (Å²) < 4.78 is 28.1. The molecule has 3 N–H and O–H groups in total. The summed E-state index contributed by atoms with van der Waals surface area (Å²) >= 11 is 0. The summed E-state index contributed by atoms with van der Waals surface area (Å²) in [6.45, 7) is 0. The van der Waals surface area contributed by atoms with E-state index in [1.54, 1.807) is 54.6 Å². The zero-order chi connectivity index (χ0) is 20.0. The SMILES string of the molecule is Nc1ccc(CCC(NS(=O)(=O)c2ccccc2)C(=O)c2ccccc2)cc1. The van der Waals surface area contributed by atoms with Gasteiger partial charge in [-0.05, 0) is 42.7 Å². The minimum absolute atomic E-state index is 0.133. The summed E-state index contributed by atoms with van der Waals surface area (Å²) in [6.07, 6.45) is 0.880. The van der Waals surface area contributed by atoms with E-state index in [2.05, 4.69) is 4.72 Å². The Kier molecular flexibility index (Phi) is 6.23. The average molecular weight is 394 g/mol. The molecule has 0 spiro atoms. The van der Waals surface area contributed by atoms with Gasteiger partial charge in [0.05, 0.1) is 10.9 Å². The molecule has 0 fully saturated rings. The molecule has 144 valence electrons. The Morgan fingerprint density at radius 2 is 1.43 bits per heavy atom. The monoisotopic (exact) mass is 394 g/mol. The van der Waals surface area contributed by atoms with E-state index in [-0.39, 0.29) is 10.7 Å². The quantitative estimate of drug-likeness (QED) is 0.452. The van der Waals surface area contributed by atoms with Gasteiger partial charge < -0.3 is 5.73 Å². The normalized spacial score (nSPS) is 12.4. The molecule has 0 aromatic heterocycles. The fourth-order valence-electron chi connectivity index (χ4n) is 2.90. The van der Waals surface area contributed by atoms with Crippen molar-refractivity contribution >= 4 is 21.5 Å². The van der Waals surface area contributed by atoms with Crippen molar-refractivity contribution in [1.29, 1.82) is 0 Å². The molecule has 0 saturated heterocycles. The van der Waals surface area contributed by atoms with Crippen molar-refractivity contribution in [3.05, 3.63) is 96.1 Å². The van der Waals surface area contributed by atoms with Crippen molar-refractivity contribution in [3.63, 3.8) is 0 Å². The molecule has 0 heterocycles. The summed E-state index contributed by atoms with van der Waals surface area (Å²) in [4.78, 5) is 13.1. The number of sulfonamides is 1. The molecule has 3 rings (SSSR count). The van der Waals surface area contributed by atoms with Gasteiger partial charge in [-0.1, -0.05) is 60.7 Å². The molecule has 1 unspecified atom stereocenters. The number of aryl methyl sites for hydroxylation is 1. The Labute approximate surface area is 165 Å². The number of rotatable bonds is 8. The topological polar surface area (TPSA) is 89.3 Å². The highest BCUT2D eigenvalue weighted by atomic mass is 32.2. The van der Waals surface area contributed by atoms with Crippen LogP contribution in [0, 0.1) is 0 Å². The minimum atomic E-state index is -3.81. The van der Waals surface area contributed by atoms with Gasteiger partial charge in [0.15, 0.2) is 5.78 Å². The second kappa shape index (κ2) is 8.82. The molecular weight excluding hydrogens is 372 g/mol.